The van der Waals surface area contributed by atoms with Crippen LogP contribution in [-0.2, 0) is 14.8 Å². The van der Waals surface area contributed by atoms with E-state index < -0.39 is 16.1 Å². The van der Waals surface area contributed by atoms with Crippen molar-refractivity contribution in [2.75, 3.05) is 18.4 Å². The Morgan fingerprint density at radius 3 is 2.59 bits per heavy atom. The van der Waals surface area contributed by atoms with Gasteiger partial charge in [-0.05, 0) is 43.2 Å². The average molecular weight is 391 g/mol. The molecule has 0 fully saturated rings. The molecule has 0 aromatic heterocycles. The summed E-state index contributed by atoms with van der Waals surface area (Å²) < 4.78 is 32.6. The number of sulfonamides is 1. The van der Waals surface area contributed by atoms with Crippen LogP contribution < -0.4 is 20.5 Å². The fraction of sp³-hybridized carbons (Fsp3) is 0.316. The Kier molecular flexibility index (Phi) is 7.35. The zero-order valence-corrected chi connectivity index (χ0v) is 16.3. The lowest BCUT2D eigenvalue weighted by molar-refractivity contribution is -0.122. The van der Waals surface area contributed by atoms with Gasteiger partial charge >= 0.3 is 0 Å². The Labute approximate surface area is 160 Å². The Hall–Kier alpha value is -2.42. The van der Waals surface area contributed by atoms with Gasteiger partial charge in [0.25, 0.3) is 5.91 Å². The number of hydrogen-bond donors (Lipinski definition) is 3. The number of carbonyl (C=O) groups excluding carboxylic acids is 1. The molecule has 2 aromatic carbocycles. The van der Waals surface area contributed by atoms with E-state index >= 15 is 0 Å². The highest BCUT2D eigenvalue weighted by Crippen LogP contribution is 2.20. The maximum Gasteiger partial charge on any atom is 0.265 e. The molecule has 2 rings (SSSR count). The standard InChI is InChI=1S/C19H25N3O4S/c1-3-17(26-18-10-5-4-7-14(18)2)19(23)22-15-8-6-9-16(13-15)27(24,25)21-12-11-20/h4-10,13,17,21H,3,11-12,20H2,1-2H3,(H,22,23). The molecule has 2 aromatic rings. The van der Waals surface area contributed by atoms with E-state index in [1.165, 1.54) is 12.1 Å². The molecule has 0 aliphatic rings. The van der Waals surface area contributed by atoms with E-state index in [2.05, 4.69) is 10.0 Å². The van der Waals surface area contributed by atoms with E-state index in [0.29, 0.717) is 17.9 Å². The summed E-state index contributed by atoms with van der Waals surface area (Å²) in [5, 5.41) is 2.72. The van der Waals surface area contributed by atoms with Crippen LogP contribution in [0.15, 0.2) is 53.4 Å². The monoisotopic (exact) mass is 391 g/mol. The number of benzene rings is 2. The molecule has 0 spiro atoms. The molecule has 0 aliphatic carbocycles. The third kappa shape index (κ3) is 5.78. The summed E-state index contributed by atoms with van der Waals surface area (Å²) in [6.45, 7) is 4.09. The number of rotatable bonds is 9. The van der Waals surface area contributed by atoms with Crippen molar-refractivity contribution in [2.24, 2.45) is 5.73 Å². The van der Waals surface area contributed by atoms with Crippen LogP contribution in [0.25, 0.3) is 0 Å². The fourth-order valence-corrected chi connectivity index (χ4v) is 3.50. The minimum absolute atomic E-state index is 0.0571. The summed E-state index contributed by atoms with van der Waals surface area (Å²) in [5.41, 5.74) is 6.64. The van der Waals surface area contributed by atoms with Crippen molar-refractivity contribution >= 4 is 21.6 Å². The van der Waals surface area contributed by atoms with Gasteiger partial charge < -0.3 is 15.8 Å². The molecule has 0 heterocycles. The molecule has 146 valence electrons. The van der Waals surface area contributed by atoms with Gasteiger partial charge in [-0.2, -0.15) is 0 Å². The van der Waals surface area contributed by atoms with Crippen LogP contribution in [-0.4, -0.2) is 33.5 Å². The van der Waals surface area contributed by atoms with Crippen LogP contribution in [0, 0.1) is 6.92 Å². The highest BCUT2D eigenvalue weighted by atomic mass is 32.2. The van der Waals surface area contributed by atoms with Crippen molar-refractivity contribution in [2.45, 2.75) is 31.3 Å². The van der Waals surface area contributed by atoms with Crippen LogP contribution in [0.5, 0.6) is 5.75 Å². The number of ether oxygens (including phenoxy) is 1. The van der Waals surface area contributed by atoms with Gasteiger partial charge in [-0.15, -0.1) is 0 Å². The molecular formula is C19H25N3O4S. The minimum Gasteiger partial charge on any atom is -0.480 e. The number of carbonyl (C=O) groups is 1. The SMILES string of the molecule is CCC(Oc1ccccc1C)C(=O)Nc1cccc(S(=O)(=O)NCCN)c1. The molecular weight excluding hydrogens is 366 g/mol. The second-order valence-corrected chi connectivity index (χ2v) is 7.75. The number of aryl methyl sites for hydroxylation is 1. The number of anilines is 1. The number of amides is 1. The summed E-state index contributed by atoms with van der Waals surface area (Å²) in [6.07, 6.45) is -0.224. The van der Waals surface area contributed by atoms with Gasteiger partial charge in [0.1, 0.15) is 5.75 Å². The molecule has 0 saturated heterocycles. The zero-order valence-electron chi connectivity index (χ0n) is 15.4. The van der Waals surface area contributed by atoms with Crippen LogP contribution in [0.3, 0.4) is 0 Å². The number of hydrogen-bond acceptors (Lipinski definition) is 5. The second-order valence-electron chi connectivity index (χ2n) is 5.98. The first-order chi connectivity index (χ1) is 12.9. The van der Waals surface area contributed by atoms with Crippen molar-refractivity contribution in [1.82, 2.24) is 4.72 Å². The van der Waals surface area contributed by atoms with Crippen molar-refractivity contribution in [3.05, 3.63) is 54.1 Å². The van der Waals surface area contributed by atoms with Gasteiger partial charge in [0.15, 0.2) is 6.10 Å². The molecule has 0 saturated carbocycles. The van der Waals surface area contributed by atoms with Gasteiger partial charge in [-0.3, -0.25) is 4.79 Å². The third-order valence-corrected chi connectivity index (χ3v) is 5.33. The maximum absolute atomic E-state index is 12.6. The molecule has 4 N–H and O–H groups in total. The van der Waals surface area contributed by atoms with Crippen LogP contribution in [0.4, 0.5) is 5.69 Å². The lowest BCUT2D eigenvalue weighted by Crippen LogP contribution is -2.32. The van der Waals surface area contributed by atoms with Gasteiger partial charge in [-0.25, -0.2) is 13.1 Å². The van der Waals surface area contributed by atoms with E-state index in [4.69, 9.17) is 10.5 Å². The first-order valence-corrected chi connectivity index (χ1v) is 10.2. The number of nitrogens with one attached hydrogen (secondary N) is 2. The smallest absolute Gasteiger partial charge is 0.265 e. The third-order valence-electron chi connectivity index (χ3n) is 3.87. The minimum atomic E-state index is -3.67. The summed E-state index contributed by atoms with van der Waals surface area (Å²) in [6, 6.07) is 13.5. The molecule has 0 radical (unpaired) electrons. The van der Waals surface area contributed by atoms with E-state index in [1.807, 2.05) is 38.1 Å². The molecule has 0 bridgehead atoms. The van der Waals surface area contributed by atoms with Gasteiger partial charge in [-0.1, -0.05) is 31.2 Å². The second kappa shape index (κ2) is 9.50. The van der Waals surface area contributed by atoms with Gasteiger partial charge in [0.05, 0.1) is 4.90 Å². The topological polar surface area (TPSA) is 111 Å². The highest BCUT2D eigenvalue weighted by molar-refractivity contribution is 7.89. The first kappa shape index (κ1) is 20.9. The lowest BCUT2D eigenvalue weighted by atomic mass is 10.2. The summed E-state index contributed by atoms with van der Waals surface area (Å²) in [7, 11) is -3.67. The number of para-hydroxylation sites is 1. The Bertz CT molecular complexity index is 884. The summed E-state index contributed by atoms with van der Waals surface area (Å²) in [4.78, 5) is 12.6. The molecule has 7 nitrogen and oxygen atoms in total. The van der Waals surface area contributed by atoms with E-state index in [0.717, 1.165) is 5.56 Å². The molecule has 27 heavy (non-hydrogen) atoms. The van der Waals surface area contributed by atoms with E-state index in [-0.39, 0.29) is 23.9 Å². The Balaban J connectivity index is 2.12. The highest BCUT2D eigenvalue weighted by Gasteiger charge is 2.20. The molecule has 1 atom stereocenters. The predicted molar refractivity (Wildman–Crippen MR) is 105 cm³/mol. The molecule has 1 unspecified atom stereocenters. The van der Waals surface area contributed by atoms with Crippen molar-refractivity contribution in [1.29, 1.82) is 0 Å². The van der Waals surface area contributed by atoms with E-state index in [1.54, 1.807) is 12.1 Å². The fourth-order valence-electron chi connectivity index (χ4n) is 2.40. The first-order valence-electron chi connectivity index (χ1n) is 8.70. The van der Waals surface area contributed by atoms with Gasteiger partial charge in [0.2, 0.25) is 10.0 Å². The molecule has 8 heteroatoms. The molecule has 1 amide bonds. The largest absolute Gasteiger partial charge is 0.480 e. The van der Waals surface area contributed by atoms with Crippen LogP contribution in [0.2, 0.25) is 0 Å². The number of nitrogens with two attached hydrogens (primary N) is 1. The van der Waals surface area contributed by atoms with Crippen molar-refractivity contribution in [3.63, 3.8) is 0 Å². The van der Waals surface area contributed by atoms with Crippen molar-refractivity contribution < 1.29 is 17.9 Å². The average Bonchev–Trinajstić information content (AvgIpc) is 2.66. The summed E-state index contributed by atoms with van der Waals surface area (Å²) in [5.74, 6) is 0.298. The Morgan fingerprint density at radius 2 is 1.93 bits per heavy atom. The normalized spacial score (nSPS) is 12.4. The molecule has 0 aliphatic heterocycles. The quantitative estimate of drug-likeness (QED) is 0.606. The van der Waals surface area contributed by atoms with Crippen LogP contribution >= 0.6 is 0 Å². The van der Waals surface area contributed by atoms with Crippen LogP contribution in [0.1, 0.15) is 18.9 Å². The van der Waals surface area contributed by atoms with E-state index in [9.17, 15) is 13.2 Å². The lowest BCUT2D eigenvalue weighted by Gasteiger charge is -2.18. The maximum atomic E-state index is 12.6. The van der Waals surface area contributed by atoms with Gasteiger partial charge in [0, 0.05) is 18.8 Å². The predicted octanol–water partition coefficient (Wildman–Crippen LogP) is 2.03. The summed E-state index contributed by atoms with van der Waals surface area (Å²) >= 11 is 0. The zero-order chi connectivity index (χ0) is 19.9. The van der Waals surface area contributed by atoms with Crippen molar-refractivity contribution in [3.8, 4) is 5.75 Å². The Morgan fingerprint density at radius 1 is 1.19 bits per heavy atom.